The van der Waals surface area contributed by atoms with Crippen molar-refractivity contribution in [3.8, 4) is 0 Å². The molecule has 1 aromatic rings. The number of hydrogen-bond donors (Lipinski definition) is 1. The predicted molar refractivity (Wildman–Crippen MR) is 82.3 cm³/mol. The monoisotopic (exact) mass is 274 g/mol. The van der Waals surface area contributed by atoms with E-state index in [1.54, 1.807) is 0 Å². The van der Waals surface area contributed by atoms with E-state index in [0.29, 0.717) is 6.54 Å². The van der Waals surface area contributed by atoms with Gasteiger partial charge in [-0.3, -0.25) is 9.69 Å². The maximum atomic E-state index is 11.8. The van der Waals surface area contributed by atoms with E-state index >= 15 is 0 Å². The van der Waals surface area contributed by atoms with Crippen molar-refractivity contribution in [1.82, 2.24) is 10.2 Å². The Kier molecular flexibility index (Phi) is 4.81. The van der Waals surface area contributed by atoms with Gasteiger partial charge in [0.25, 0.3) is 0 Å². The van der Waals surface area contributed by atoms with Crippen molar-refractivity contribution in [2.24, 2.45) is 5.41 Å². The quantitative estimate of drug-likeness (QED) is 0.915. The molecule has 1 fully saturated rings. The smallest absolute Gasteiger partial charge is 0.225 e. The molecule has 0 aromatic heterocycles. The number of benzene rings is 1. The van der Waals surface area contributed by atoms with Crippen LogP contribution < -0.4 is 5.32 Å². The molecule has 20 heavy (non-hydrogen) atoms. The van der Waals surface area contributed by atoms with Crippen LogP contribution in [0.2, 0.25) is 0 Å². The maximum Gasteiger partial charge on any atom is 0.225 e. The topological polar surface area (TPSA) is 32.3 Å². The van der Waals surface area contributed by atoms with Crippen LogP contribution in [0, 0.1) is 5.41 Å². The second kappa shape index (κ2) is 6.40. The van der Waals surface area contributed by atoms with Crippen LogP contribution in [0.25, 0.3) is 0 Å². The minimum atomic E-state index is -0.324. The summed E-state index contributed by atoms with van der Waals surface area (Å²) >= 11 is 0. The first-order chi connectivity index (χ1) is 9.45. The van der Waals surface area contributed by atoms with Gasteiger partial charge >= 0.3 is 0 Å². The highest BCUT2D eigenvalue weighted by Crippen LogP contribution is 2.15. The average Bonchev–Trinajstić information content (AvgIpc) is 2.89. The Balaban J connectivity index is 1.83. The summed E-state index contributed by atoms with van der Waals surface area (Å²) in [4.78, 5) is 14.3. The van der Waals surface area contributed by atoms with Crippen LogP contribution in [0.5, 0.6) is 0 Å². The Morgan fingerprint density at radius 2 is 1.65 bits per heavy atom. The predicted octanol–water partition coefficient (Wildman–Crippen LogP) is 2.94. The van der Waals surface area contributed by atoms with Crippen LogP contribution >= 0.6 is 0 Å². The summed E-state index contributed by atoms with van der Waals surface area (Å²) < 4.78 is 0. The molecule has 2 rings (SSSR count). The first kappa shape index (κ1) is 15.0. The number of carbonyl (C=O) groups excluding carboxylic acids is 1. The van der Waals surface area contributed by atoms with Crippen LogP contribution in [-0.2, 0) is 17.9 Å². The largest absolute Gasteiger partial charge is 0.352 e. The van der Waals surface area contributed by atoms with E-state index in [1.165, 1.54) is 31.5 Å². The molecule has 1 saturated heterocycles. The third-order valence-electron chi connectivity index (χ3n) is 3.76. The van der Waals surface area contributed by atoms with Crippen molar-refractivity contribution in [1.29, 1.82) is 0 Å². The summed E-state index contributed by atoms with van der Waals surface area (Å²) in [5.41, 5.74) is 2.20. The normalized spacial score (nSPS) is 16.4. The number of nitrogens with one attached hydrogen (secondary N) is 1. The molecule has 1 aliphatic rings. The number of likely N-dealkylation sites (tertiary alicyclic amines) is 1. The van der Waals surface area contributed by atoms with Gasteiger partial charge in [0.2, 0.25) is 5.91 Å². The molecule has 3 nitrogen and oxygen atoms in total. The van der Waals surface area contributed by atoms with Crippen molar-refractivity contribution in [2.75, 3.05) is 13.1 Å². The Hall–Kier alpha value is -1.35. The zero-order chi connectivity index (χ0) is 14.6. The summed E-state index contributed by atoms with van der Waals surface area (Å²) in [5, 5.41) is 2.98. The van der Waals surface area contributed by atoms with E-state index in [4.69, 9.17) is 0 Å². The van der Waals surface area contributed by atoms with E-state index in [1.807, 2.05) is 20.8 Å². The Morgan fingerprint density at radius 3 is 2.20 bits per heavy atom. The minimum Gasteiger partial charge on any atom is -0.352 e. The van der Waals surface area contributed by atoms with Gasteiger partial charge in [-0.2, -0.15) is 0 Å². The van der Waals surface area contributed by atoms with Crippen LogP contribution in [-0.4, -0.2) is 23.9 Å². The average molecular weight is 274 g/mol. The standard InChI is InChI=1S/C17H26N2O/c1-17(2,3)16(20)18-12-14-6-8-15(9-7-14)13-19-10-4-5-11-19/h6-9H,4-5,10-13H2,1-3H3,(H,18,20). The molecule has 1 heterocycles. The van der Waals surface area contributed by atoms with Gasteiger partial charge in [-0.05, 0) is 37.1 Å². The lowest BCUT2D eigenvalue weighted by atomic mass is 9.95. The van der Waals surface area contributed by atoms with Gasteiger partial charge in [-0.25, -0.2) is 0 Å². The summed E-state index contributed by atoms with van der Waals surface area (Å²) in [6, 6.07) is 8.59. The Bertz CT molecular complexity index is 439. The number of amides is 1. The molecule has 0 aliphatic carbocycles. The van der Waals surface area contributed by atoms with E-state index in [2.05, 4.69) is 34.5 Å². The SMILES string of the molecule is CC(C)(C)C(=O)NCc1ccc(CN2CCCC2)cc1. The van der Waals surface area contributed by atoms with Crippen molar-refractivity contribution < 1.29 is 4.79 Å². The van der Waals surface area contributed by atoms with Crippen LogP contribution in [0.1, 0.15) is 44.7 Å². The molecule has 1 aromatic carbocycles. The molecule has 0 saturated carbocycles. The fourth-order valence-electron chi connectivity index (χ4n) is 2.41. The van der Waals surface area contributed by atoms with Crippen LogP contribution in [0.15, 0.2) is 24.3 Å². The molecule has 1 amide bonds. The lowest BCUT2D eigenvalue weighted by Crippen LogP contribution is -2.34. The molecule has 1 N–H and O–H groups in total. The van der Waals surface area contributed by atoms with Crippen molar-refractivity contribution >= 4 is 5.91 Å². The fourth-order valence-corrected chi connectivity index (χ4v) is 2.41. The number of hydrogen-bond acceptors (Lipinski definition) is 2. The second-order valence-electron chi connectivity index (χ2n) is 6.73. The van der Waals surface area contributed by atoms with Crippen molar-refractivity contribution in [3.05, 3.63) is 35.4 Å². The molecule has 3 heteroatoms. The molecular weight excluding hydrogens is 248 g/mol. The van der Waals surface area contributed by atoms with E-state index in [0.717, 1.165) is 12.1 Å². The molecule has 0 unspecified atom stereocenters. The van der Waals surface area contributed by atoms with Crippen molar-refractivity contribution in [3.63, 3.8) is 0 Å². The lowest BCUT2D eigenvalue weighted by molar-refractivity contribution is -0.128. The summed E-state index contributed by atoms with van der Waals surface area (Å²) in [6.07, 6.45) is 2.66. The molecule has 0 radical (unpaired) electrons. The number of rotatable bonds is 4. The second-order valence-corrected chi connectivity index (χ2v) is 6.73. The molecule has 0 bridgehead atoms. The van der Waals surface area contributed by atoms with E-state index in [9.17, 15) is 4.79 Å². The van der Waals surface area contributed by atoms with Gasteiger partial charge in [-0.15, -0.1) is 0 Å². The van der Waals surface area contributed by atoms with Gasteiger partial charge in [-0.1, -0.05) is 45.0 Å². The zero-order valence-corrected chi connectivity index (χ0v) is 12.9. The van der Waals surface area contributed by atoms with Gasteiger partial charge in [0.05, 0.1) is 0 Å². The third kappa shape index (κ3) is 4.34. The Morgan fingerprint density at radius 1 is 1.10 bits per heavy atom. The minimum absolute atomic E-state index is 0.0960. The molecule has 110 valence electrons. The summed E-state index contributed by atoms with van der Waals surface area (Å²) in [6.45, 7) is 9.91. The highest BCUT2D eigenvalue weighted by molar-refractivity contribution is 5.81. The molecule has 1 aliphatic heterocycles. The first-order valence-corrected chi connectivity index (χ1v) is 7.53. The lowest BCUT2D eigenvalue weighted by Gasteiger charge is -2.18. The van der Waals surface area contributed by atoms with Gasteiger partial charge in [0.15, 0.2) is 0 Å². The maximum absolute atomic E-state index is 11.8. The highest BCUT2D eigenvalue weighted by atomic mass is 16.2. The van der Waals surface area contributed by atoms with Gasteiger partial charge < -0.3 is 5.32 Å². The van der Waals surface area contributed by atoms with Crippen LogP contribution in [0.3, 0.4) is 0 Å². The molecule has 0 atom stereocenters. The van der Waals surface area contributed by atoms with Crippen LogP contribution in [0.4, 0.5) is 0 Å². The van der Waals surface area contributed by atoms with Gasteiger partial charge in [0, 0.05) is 18.5 Å². The fraction of sp³-hybridized carbons (Fsp3) is 0.588. The van der Waals surface area contributed by atoms with E-state index in [-0.39, 0.29) is 11.3 Å². The number of carbonyl (C=O) groups is 1. The zero-order valence-electron chi connectivity index (χ0n) is 12.9. The Labute approximate surface area is 122 Å². The first-order valence-electron chi connectivity index (χ1n) is 7.53. The summed E-state index contributed by atoms with van der Waals surface area (Å²) in [5.74, 6) is 0.0960. The molecule has 0 spiro atoms. The molecular formula is C17H26N2O. The van der Waals surface area contributed by atoms with Crippen molar-refractivity contribution in [2.45, 2.75) is 46.7 Å². The third-order valence-corrected chi connectivity index (χ3v) is 3.76. The van der Waals surface area contributed by atoms with Gasteiger partial charge in [0.1, 0.15) is 0 Å². The highest BCUT2D eigenvalue weighted by Gasteiger charge is 2.20. The van der Waals surface area contributed by atoms with E-state index < -0.39 is 0 Å². The summed E-state index contributed by atoms with van der Waals surface area (Å²) in [7, 11) is 0. The number of nitrogens with zero attached hydrogens (tertiary/aromatic N) is 1.